The van der Waals surface area contributed by atoms with E-state index in [1.807, 2.05) is 0 Å². The molecule has 0 aliphatic heterocycles. The Hall–Kier alpha value is -0.250. The zero-order valence-electron chi connectivity index (χ0n) is 9.41. The van der Waals surface area contributed by atoms with Crippen molar-refractivity contribution in [1.29, 1.82) is 0 Å². The fourth-order valence-corrected chi connectivity index (χ4v) is 2.19. The molecule has 0 bridgehead atoms. The van der Waals surface area contributed by atoms with Gasteiger partial charge in [0.2, 0.25) is 0 Å². The second-order valence-corrected chi connectivity index (χ2v) is 6.02. The summed E-state index contributed by atoms with van der Waals surface area (Å²) in [6.07, 6.45) is -0.175. The fraction of sp³-hybridized carbons (Fsp3) is 0.500. The average molecular weight is 263 g/mol. The molecule has 4 heteroatoms. The van der Waals surface area contributed by atoms with Crippen molar-refractivity contribution in [2.75, 3.05) is 5.75 Å². The van der Waals surface area contributed by atoms with E-state index in [1.54, 1.807) is 23.9 Å². The normalized spacial score (nSPS) is 13.1. The van der Waals surface area contributed by atoms with Crippen molar-refractivity contribution in [2.24, 2.45) is 0 Å². The molecule has 1 aromatic carbocycles. The molecule has 1 aromatic rings. The van der Waals surface area contributed by atoms with Crippen LogP contribution >= 0.6 is 23.4 Å². The number of thioether (sulfide) groups is 1. The summed E-state index contributed by atoms with van der Waals surface area (Å²) >= 11 is 7.32. The van der Waals surface area contributed by atoms with E-state index in [-0.39, 0.29) is 5.82 Å². The first-order valence-electron chi connectivity index (χ1n) is 5.22. The van der Waals surface area contributed by atoms with Gasteiger partial charge in [0.25, 0.3) is 0 Å². The topological polar surface area (TPSA) is 20.2 Å². The van der Waals surface area contributed by atoms with Crippen molar-refractivity contribution in [1.82, 2.24) is 0 Å². The van der Waals surface area contributed by atoms with Crippen LogP contribution in [0.4, 0.5) is 4.39 Å². The third-order valence-electron chi connectivity index (χ3n) is 2.09. The Balaban J connectivity index is 2.52. The van der Waals surface area contributed by atoms with Gasteiger partial charge in [-0.1, -0.05) is 31.5 Å². The first kappa shape index (κ1) is 13.8. The van der Waals surface area contributed by atoms with Gasteiger partial charge >= 0.3 is 0 Å². The molecule has 0 aliphatic carbocycles. The second-order valence-electron chi connectivity index (χ2n) is 3.98. The standard InChI is InChI=1S/C12H16ClFOS/c1-8(2)16-7-11(15)5-9-3-4-10(13)6-12(9)14/h3-4,6,8,11,15H,5,7H2,1-2H3. The summed E-state index contributed by atoms with van der Waals surface area (Å²) in [5.74, 6) is 0.279. The molecule has 1 rings (SSSR count). The lowest BCUT2D eigenvalue weighted by atomic mass is 10.1. The van der Waals surface area contributed by atoms with Crippen LogP contribution in [0.2, 0.25) is 5.02 Å². The van der Waals surface area contributed by atoms with Crippen LogP contribution in [-0.4, -0.2) is 22.2 Å². The van der Waals surface area contributed by atoms with Crippen molar-refractivity contribution in [3.63, 3.8) is 0 Å². The maximum Gasteiger partial charge on any atom is 0.127 e. The molecule has 0 aliphatic rings. The molecular weight excluding hydrogens is 247 g/mol. The average Bonchev–Trinajstić information content (AvgIpc) is 2.19. The molecule has 0 saturated heterocycles. The lowest BCUT2D eigenvalue weighted by Crippen LogP contribution is -2.15. The van der Waals surface area contributed by atoms with Gasteiger partial charge in [0.1, 0.15) is 5.82 Å². The maximum absolute atomic E-state index is 13.4. The van der Waals surface area contributed by atoms with E-state index in [9.17, 15) is 9.50 Å². The Bertz CT molecular complexity index is 344. The van der Waals surface area contributed by atoms with Gasteiger partial charge in [-0.2, -0.15) is 11.8 Å². The number of aliphatic hydroxyl groups excluding tert-OH is 1. The van der Waals surface area contributed by atoms with Crippen molar-refractivity contribution in [2.45, 2.75) is 31.6 Å². The molecule has 0 radical (unpaired) electrons. The van der Waals surface area contributed by atoms with Gasteiger partial charge in [0.05, 0.1) is 6.10 Å². The third kappa shape index (κ3) is 4.73. The van der Waals surface area contributed by atoms with Crippen LogP contribution in [0, 0.1) is 5.82 Å². The largest absolute Gasteiger partial charge is 0.392 e. The van der Waals surface area contributed by atoms with E-state index in [4.69, 9.17) is 11.6 Å². The Labute approximate surface area is 105 Å². The molecule has 1 unspecified atom stereocenters. The Morgan fingerprint density at radius 2 is 2.12 bits per heavy atom. The van der Waals surface area contributed by atoms with Gasteiger partial charge in [-0.3, -0.25) is 0 Å². The summed E-state index contributed by atoms with van der Waals surface area (Å²) < 4.78 is 13.4. The highest BCUT2D eigenvalue weighted by molar-refractivity contribution is 7.99. The van der Waals surface area contributed by atoms with Gasteiger partial charge in [-0.15, -0.1) is 0 Å². The number of rotatable bonds is 5. The first-order chi connectivity index (χ1) is 7.49. The lowest BCUT2D eigenvalue weighted by Gasteiger charge is -2.12. The van der Waals surface area contributed by atoms with Gasteiger partial charge in [-0.05, 0) is 22.9 Å². The number of halogens is 2. The van der Waals surface area contributed by atoms with E-state index in [0.29, 0.717) is 28.0 Å². The van der Waals surface area contributed by atoms with Crippen molar-refractivity contribution < 1.29 is 9.50 Å². The minimum Gasteiger partial charge on any atom is -0.392 e. The smallest absolute Gasteiger partial charge is 0.127 e. The van der Waals surface area contributed by atoms with Crippen molar-refractivity contribution in [3.05, 3.63) is 34.6 Å². The molecular formula is C12H16ClFOS. The predicted molar refractivity (Wildman–Crippen MR) is 68.7 cm³/mol. The van der Waals surface area contributed by atoms with Crippen LogP contribution in [-0.2, 0) is 6.42 Å². The van der Waals surface area contributed by atoms with E-state index in [1.165, 1.54) is 6.07 Å². The first-order valence-corrected chi connectivity index (χ1v) is 6.65. The van der Waals surface area contributed by atoms with Crippen LogP contribution < -0.4 is 0 Å². The third-order valence-corrected chi connectivity index (χ3v) is 3.57. The molecule has 1 atom stereocenters. The van der Waals surface area contributed by atoms with E-state index in [2.05, 4.69) is 13.8 Å². The van der Waals surface area contributed by atoms with Gasteiger partial charge < -0.3 is 5.11 Å². The highest BCUT2D eigenvalue weighted by Crippen LogP contribution is 2.18. The minimum atomic E-state index is -0.511. The highest BCUT2D eigenvalue weighted by Gasteiger charge is 2.10. The monoisotopic (exact) mass is 262 g/mol. The molecule has 0 amide bonds. The Kier molecular flexibility index (Phi) is 5.59. The zero-order chi connectivity index (χ0) is 12.1. The fourth-order valence-electron chi connectivity index (χ4n) is 1.30. The number of benzene rings is 1. The molecule has 0 heterocycles. The van der Waals surface area contributed by atoms with Crippen LogP contribution in [0.25, 0.3) is 0 Å². The Morgan fingerprint density at radius 3 is 2.69 bits per heavy atom. The summed E-state index contributed by atoms with van der Waals surface area (Å²) in [7, 11) is 0. The Morgan fingerprint density at radius 1 is 1.44 bits per heavy atom. The quantitative estimate of drug-likeness (QED) is 0.876. The highest BCUT2D eigenvalue weighted by atomic mass is 35.5. The maximum atomic E-state index is 13.4. The SMILES string of the molecule is CC(C)SCC(O)Cc1ccc(Cl)cc1F. The molecule has 1 N–H and O–H groups in total. The van der Waals surface area contributed by atoms with Crippen molar-refractivity contribution in [3.8, 4) is 0 Å². The molecule has 0 fully saturated rings. The minimum absolute atomic E-state index is 0.336. The molecule has 16 heavy (non-hydrogen) atoms. The van der Waals surface area contributed by atoms with Crippen molar-refractivity contribution >= 4 is 23.4 Å². The summed E-state index contributed by atoms with van der Waals surface area (Å²) in [6.45, 7) is 4.14. The second kappa shape index (κ2) is 6.48. The van der Waals surface area contributed by atoms with Crippen LogP contribution in [0.5, 0.6) is 0 Å². The van der Waals surface area contributed by atoms with Gasteiger partial charge in [-0.25, -0.2) is 4.39 Å². The van der Waals surface area contributed by atoms with Crippen LogP contribution in [0.3, 0.4) is 0 Å². The van der Waals surface area contributed by atoms with E-state index < -0.39 is 6.10 Å². The molecule has 90 valence electrons. The predicted octanol–water partition coefficient (Wildman–Crippen LogP) is 3.52. The lowest BCUT2D eigenvalue weighted by molar-refractivity contribution is 0.198. The zero-order valence-corrected chi connectivity index (χ0v) is 11.0. The number of hydrogen-bond donors (Lipinski definition) is 1. The number of hydrogen-bond acceptors (Lipinski definition) is 2. The summed E-state index contributed by atoms with van der Waals surface area (Å²) in [6, 6.07) is 4.54. The summed E-state index contributed by atoms with van der Waals surface area (Å²) in [4.78, 5) is 0. The molecule has 0 aromatic heterocycles. The number of aliphatic hydroxyl groups is 1. The molecule has 1 nitrogen and oxygen atoms in total. The van der Waals surface area contributed by atoms with Gasteiger partial charge in [0.15, 0.2) is 0 Å². The summed E-state index contributed by atoms with van der Waals surface area (Å²) in [5.41, 5.74) is 0.515. The van der Waals surface area contributed by atoms with Crippen LogP contribution in [0.15, 0.2) is 18.2 Å². The van der Waals surface area contributed by atoms with E-state index in [0.717, 1.165) is 0 Å². The molecule has 0 saturated carbocycles. The summed E-state index contributed by atoms with van der Waals surface area (Å²) in [5, 5.41) is 10.6. The van der Waals surface area contributed by atoms with Crippen LogP contribution in [0.1, 0.15) is 19.4 Å². The van der Waals surface area contributed by atoms with Gasteiger partial charge in [0, 0.05) is 17.2 Å². The van der Waals surface area contributed by atoms with E-state index >= 15 is 0 Å². The molecule has 0 spiro atoms.